The quantitative estimate of drug-likeness (QED) is 0.243. The predicted octanol–water partition coefficient (Wildman–Crippen LogP) is 5.89. The minimum atomic E-state index is -0.589. The Bertz CT molecular complexity index is 1380. The molecule has 0 spiro atoms. The SMILES string of the molecule is N#Cc1cc(SNC2NC=CS2)ccc1Oc1ccc(-c2ccnc(F)c2)nc1-c1ccoc1. The van der Waals surface area contributed by atoms with Gasteiger partial charge in [0.1, 0.15) is 23.0 Å². The van der Waals surface area contributed by atoms with Crippen LogP contribution in [0.25, 0.3) is 22.5 Å². The van der Waals surface area contributed by atoms with Crippen LogP contribution in [-0.4, -0.2) is 15.5 Å². The number of furan rings is 1. The fourth-order valence-electron chi connectivity index (χ4n) is 3.19. The summed E-state index contributed by atoms with van der Waals surface area (Å²) in [6.45, 7) is 0. The van der Waals surface area contributed by atoms with E-state index in [1.54, 1.807) is 54.4 Å². The maximum Gasteiger partial charge on any atom is 0.213 e. The summed E-state index contributed by atoms with van der Waals surface area (Å²) in [5.41, 5.74) is 2.79. The van der Waals surface area contributed by atoms with Gasteiger partial charge in [-0.2, -0.15) is 9.65 Å². The third kappa shape index (κ3) is 4.92. The van der Waals surface area contributed by atoms with Crippen molar-refractivity contribution in [2.75, 3.05) is 0 Å². The minimum absolute atomic E-state index is 0.0717. The number of ether oxygens (including phenoxy) is 1. The molecule has 0 amide bonds. The van der Waals surface area contributed by atoms with E-state index >= 15 is 0 Å². The van der Waals surface area contributed by atoms with Gasteiger partial charge in [0.05, 0.1) is 23.8 Å². The fraction of sp³-hybridized carbons (Fsp3) is 0.0417. The molecule has 1 unspecified atom stereocenters. The summed E-state index contributed by atoms with van der Waals surface area (Å²) >= 11 is 3.05. The zero-order valence-corrected chi connectivity index (χ0v) is 19.1. The van der Waals surface area contributed by atoms with E-state index < -0.39 is 5.95 Å². The summed E-state index contributed by atoms with van der Waals surface area (Å²) in [4.78, 5) is 9.15. The van der Waals surface area contributed by atoms with Crippen LogP contribution in [0.5, 0.6) is 11.5 Å². The van der Waals surface area contributed by atoms with Gasteiger partial charge in [0.2, 0.25) is 5.95 Å². The molecule has 0 saturated heterocycles. The van der Waals surface area contributed by atoms with Crippen LogP contribution in [0.2, 0.25) is 0 Å². The second-order valence-electron chi connectivity index (χ2n) is 7.00. The molecule has 1 aromatic carbocycles. The number of hydrogen-bond donors (Lipinski definition) is 2. The first-order chi connectivity index (χ1) is 16.7. The third-order valence-electron chi connectivity index (χ3n) is 4.78. The second-order valence-corrected chi connectivity index (χ2v) is 8.93. The summed E-state index contributed by atoms with van der Waals surface area (Å²) in [7, 11) is 0. The molecule has 0 fully saturated rings. The van der Waals surface area contributed by atoms with Gasteiger partial charge in [-0.25, -0.2) is 14.7 Å². The second kappa shape index (κ2) is 10.0. The number of nitriles is 1. The van der Waals surface area contributed by atoms with Crippen molar-refractivity contribution in [1.82, 2.24) is 20.0 Å². The Morgan fingerprint density at radius 3 is 2.82 bits per heavy atom. The molecule has 3 aromatic heterocycles. The Kier molecular flexibility index (Phi) is 6.49. The van der Waals surface area contributed by atoms with Crippen LogP contribution < -0.4 is 14.8 Å². The van der Waals surface area contributed by atoms with Crippen molar-refractivity contribution in [1.29, 1.82) is 5.26 Å². The molecule has 0 aliphatic carbocycles. The molecule has 1 aliphatic rings. The van der Waals surface area contributed by atoms with Crippen LogP contribution in [0, 0.1) is 17.3 Å². The van der Waals surface area contributed by atoms with Gasteiger partial charge < -0.3 is 14.5 Å². The lowest BCUT2D eigenvalue weighted by Gasteiger charge is -2.14. The van der Waals surface area contributed by atoms with Crippen molar-refractivity contribution >= 4 is 23.7 Å². The van der Waals surface area contributed by atoms with E-state index in [1.807, 2.05) is 17.7 Å². The number of nitrogens with one attached hydrogen (secondary N) is 2. The average molecular weight is 490 g/mol. The molecule has 1 atom stereocenters. The van der Waals surface area contributed by atoms with Crippen LogP contribution in [0.3, 0.4) is 0 Å². The number of pyridine rings is 2. The number of halogens is 1. The highest BCUT2D eigenvalue weighted by atomic mass is 32.2. The van der Waals surface area contributed by atoms with Crippen LogP contribution >= 0.6 is 23.7 Å². The fourth-order valence-corrected chi connectivity index (χ4v) is 4.65. The first-order valence-corrected chi connectivity index (χ1v) is 11.8. The molecule has 2 N–H and O–H groups in total. The molecule has 1 aliphatic heterocycles. The van der Waals surface area contributed by atoms with Gasteiger partial charge >= 0.3 is 0 Å². The van der Waals surface area contributed by atoms with Crippen molar-refractivity contribution < 1.29 is 13.5 Å². The molecule has 7 nitrogen and oxygen atoms in total. The zero-order valence-electron chi connectivity index (χ0n) is 17.4. The van der Waals surface area contributed by atoms with Gasteiger partial charge in [-0.3, -0.25) is 0 Å². The lowest BCUT2D eigenvalue weighted by Crippen LogP contribution is -2.28. The molecule has 4 aromatic rings. The molecule has 0 bridgehead atoms. The third-order valence-corrected chi connectivity index (χ3v) is 6.59. The highest BCUT2D eigenvalue weighted by molar-refractivity contribution is 8.04. The predicted molar refractivity (Wildman–Crippen MR) is 129 cm³/mol. The average Bonchev–Trinajstić information content (AvgIpc) is 3.58. The van der Waals surface area contributed by atoms with E-state index in [4.69, 9.17) is 9.15 Å². The molecule has 168 valence electrons. The van der Waals surface area contributed by atoms with Gasteiger partial charge in [0, 0.05) is 34.5 Å². The number of nitrogens with zero attached hydrogens (tertiary/aromatic N) is 3. The van der Waals surface area contributed by atoms with Crippen molar-refractivity contribution in [3.05, 3.63) is 90.4 Å². The zero-order chi connectivity index (χ0) is 23.3. The molecular weight excluding hydrogens is 473 g/mol. The Morgan fingerprint density at radius 1 is 1.15 bits per heavy atom. The number of rotatable bonds is 7. The summed E-state index contributed by atoms with van der Waals surface area (Å²) in [5.74, 6) is 0.248. The standard InChI is InChI=1S/C24H16FN5O2S2/c25-22-12-15(5-7-27-22)19-2-4-21(23(29-19)16-6-9-31-14-16)32-20-3-1-18(11-17(20)13-26)34-30-24-28-8-10-33-24/h1-12,14,24,28,30H. The molecule has 0 radical (unpaired) electrons. The van der Waals surface area contributed by atoms with E-state index in [-0.39, 0.29) is 5.50 Å². The van der Waals surface area contributed by atoms with E-state index in [9.17, 15) is 9.65 Å². The van der Waals surface area contributed by atoms with Gasteiger partial charge in [0.25, 0.3) is 0 Å². The smallest absolute Gasteiger partial charge is 0.213 e. The van der Waals surface area contributed by atoms with Crippen molar-refractivity contribution in [2.24, 2.45) is 0 Å². The van der Waals surface area contributed by atoms with E-state index in [2.05, 4.69) is 26.1 Å². The summed E-state index contributed by atoms with van der Waals surface area (Å²) in [5, 5.41) is 14.8. The monoisotopic (exact) mass is 489 g/mol. The molecule has 5 rings (SSSR count). The van der Waals surface area contributed by atoms with Crippen molar-refractivity contribution in [3.8, 4) is 40.1 Å². The van der Waals surface area contributed by atoms with Gasteiger partial charge in [-0.05, 0) is 59.8 Å². The van der Waals surface area contributed by atoms with Gasteiger partial charge in [0.15, 0.2) is 5.75 Å². The van der Waals surface area contributed by atoms with Crippen LogP contribution in [0.15, 0.2) is 88.2 Å². The highest BCUT2D eigenvalue weighted by Crippen LogP contribution is 2.36. The highest BCUT2D eigenvalue weighted by Gasteiger charge is 2.16. The van der Waals surface area contributed by atoms with Gasteiger partial charge in [-0.15, -0.1) is 0 Å². The Morgan fingerprint density at radius 2 is 2.06 bits per heavy atom. The Balaban J connectivity index is 1.43. The summed E-state index contributed by atoms with van der Waals surface area (Å²) < 4.78 is 28.3. The van der Waals surface area contributed by atoms with E-state index in [1.165, 1.54) is 30.5 Å². The molecule has 0 saturated carbocycles. The number of aromatic nitrogens is 2. The van der Waals surface area contributed by atoms with Gasteiger partial charge in [-0.1, -0.05) is 11.8 Å². The van der Waals surface area contributed by atoms with Crippen LogP contribution in [0.1, 0.15) is 5.56 Å². The largest absolute Gasteiger partial charge is 0.472 e. The Hall–Kier alpha value is -3.78. The summed E-state index contributed by atoms with van der Waals surface area (Å²) in [6, 6.07) is 15.8. The normalized spacial score (nSPS) is 14.5. The van der Waals surface area contributed by atoms with E-state index in [0.29, 0.717) is 39.6 Å². The minimum Gasteiger partial charge on any atom is -0.472 e. The Labute approximate surface area is 203 Å². The maximum absolute atomic E-state index is 13.6. The topological polar surface area (TPSA) is 96.0 Å². The first kappa shape index (κ1) is 22.0. The number of benzene rings is 1. The first-order valence-electron chi connectivity index (χ1n) is 10.1. The lowest BCUT2D eigenvalue weighted by molar-refractivity contribution is 0.480. The van der Waals surface area contributed by atoms with Crippen molar-refractivity contribution in [2.45, 2.75) is 10.4 Å². The molecular formula is C24H16FN5O2S2. The van der Waals surface area contributed by atoms with E-state index in [0.717, 1.165) is 4.90 Å². The van der Waals surface area contributed by atoms with Crippen molar-refractivity contribution in [3.63, 3.8) is 0 Å². The summed E-state index contributed by atoms with van der Waals surface area (Å²) in [6.07, 6.45) is 6.35. The molecule has 34 heavy (non-hydrogen) atoms. The maximum atomic E-state index is 13.6. The van der Waals surface area contributed by atoms with Crippen LogP contribution in [-0.2, 0) is 0 Å². The molecule has 4 heterocycles. The lowest BCUT2D eigenvalue weighted by atomic mass is 10.1. The van der Waals surface area contributed by atoms with Crippen LogP contribution in [0.4, 0.5) is 4.39 Å². The number of thioether (sulfide) groups is 1. The molecule has 10 heteroatoms. The number of hydrogen-bond acceptors (Lipinski definition) is 9.